The van der Waals surface area contributed by atoms with Gasteiger partial charge in [-0.1, -0.05) is 60.2 Å². The first kappa shape index (κ1) is 18.4. The molecule has 1 amide bonds. The molecule has 0 saturated heterocycles. The fraction of sp³-hybridized carbons (Fsp3) is 0.304. The Kier molecular flexibility index (Phi) is 5.53. The lowest BCUT2D eigenvalue weighted by molar-refractivity contribution is -0.121. The minimum atomic E-state index is -0.192. The molecule has 0 bridgehead atoms. The Morgan fingerprint density at radius 3 is 2.71 bits per heavy atom. The monoisotopic (exact) mass is 375 g/mol. The smallest absolute Gasteiger partial charge is 0.224 e. The van der Waals surface area contributed by atoms with Gasteiger partial charge in [-0.25, -0.2) is 0 Å². The van der Waals surface area contributed by atoms with Gasteiger partial charge in [0.1, 0.15) is 6.10 Å². The second-order valence-corrected chi connectivity index (χ2v) is 7.30. The number of hydrogen-bond acceptors (Lipinski definition) is 3. The van der Waals surface area contributed by atoms with Gasteiger partial charge in [0.05, 0.1) is 25.3 Å². The number of ether oxygens (including phenoxy) is 1. The molecule has 0 aliphatic carbocycles. The summed E-state index contributed by atoms with van der Waals surface area (Å²) in [7, 11) is 0. The van der Waals surface area contributed by atoms with Crippen LogP contribution in [0.5, 0.6) is 0 Å². The van der Waals surface area contributed by atoms with Crippen LogP contribution in [0.3, 0.4) is 0 Å². The van der Waals surface area contributed by atoms with Gasteiger partial charge in [0.25, 0.3) is 0 Å². The molecule has 2 heterocycles. The lowest BCUT2D eigenvalue weighted by atomic mass is 10.1. The third-order valence-electron chi connectivity index (χ3n) is 5.02. The molecule has 1 N–H and O–H groups in total. The van der Waals surface area contributed by atoms with E-state index < -0.39 is 0 Å². The molecule has 1 aliphatic rings. The highest BCUT2D eigenvalue weighted by Gasteiger charge is 2.25. The number of carbonyl (C=O) groups is 1. The number of amides is 1. The molecule has 1 aliphatic heterocycles. The van der Waals surface area contributed by atoms with Gasteiger partial charge in [-0.2, -0.15) is 5.10 Å². The maximum absolute atomic E-state index is 12.3. The van der Waals surface area contributed by atoms with Crippen LogP contribution in [-0.2, 0) is 28.9 Å². The summed E-state index contributed by atoms with van der Waals surface area (Å²) < 4.78 is 7.86. The molecule has 1 atom stereocenters. The third-order valence-corrected chi connectivity index (χ3v) is 5.02. The molecule has 3 aromatic rings. The number of carbonyl (C=O) groups excluding carboxylic acids is 1. The summed E-state index contributed by atoms with van der Waals surface area (Å²) in [5, 5.41) is 7.74. The topological polar surface area (TPSA) is 56.1 Å². The average molecular weight is 375 g/mol. The number of aromatic nitrogens is 2. The second kappa shape index (κ2) is 8.40. The summed E-state index contributed by atoms with van der Waals surface area (Å²) in [6, 6.07) is 18.3. The van der Waals surface area contributed by atoms with E-state index in [1.54, 1.807) is 0 Å². The maximum atomic E-state index is 12.3. The van der Waals surface area contributed by atoms with Gasteiger partial charge < -0.3 is 10.1 Å². The fourth-order valence-corrected chi connectivity index (χ4v) is 3.50. The number of nitrogens with zero attached hydrogens (tertiary/aromatic N) is 2. The average Bonchev–Trinajstić information content (AvgIpc) is 3.12. The van der Waals surface area contributed by atoms with E-state index in [1.165, 1.54) is 16.7 Å². The normalized spacial score (nSPS) is 15.8. The van der Waals surface area contributed by atoms with Crippen LogP contribution in [-0.4, -0.2) is 28.8 Å². The van der Waals surface area contributed by atoms with Crippen LogP contribution in [0.2, 0.25) is 0 Å². The van der Waals surface area contributed by atoms with Gasteiger partial charge in [-0.15, -0.1) is 0 Å². The molecule has 4 rings (SSSR count). The van der Waals surface area contributed by atoms with Crippen molar-refractivity contribution in [3.8, 4) is 0 Å². The SMILES string of the molecule is Cc1ccc(CC(=O)NCC2OCCc3cn(Cc4ccccc4)nc32)cc1. The number of hydrogen-bond donors (Lipinski definition) is 1. The predicted octanol–water partition coefficient (Wildman–Crippen LogP) is 3.21. The molecule has 5 heteroatoms. The van der Waals surface area contributed by atoms with Gasteiger partial charge in [0, 0.05) is 12.7 Å². The van der Waals surface area contributed by atoms with Crippen molar-refractivity contribution in [1.82, 2.24) is 15.1 Å². The summed E-state index contributed by atoms with van der Waals surface area (Å²) in [5.74, 6) is 0.00305. The Morgan fingerprint density at radius 1 is 1.14 bits per heavy atom. The maximum Gasteiger partial charge on any atom is 0.224 e. The molecule has 0 fully saturated rings. The molecule has 1 aromatic heterocycles. The Labute approximate surface area is 165 Å². The summed E-state index contributed by atoms with van der Waals surface area (Å²) in [5.41, 5.74) is 5.57. The Bertz CT molecular complexity index is 932. The quantitative estimate of drug-likeness (QED) is 0.720. The predicted molar refractivity (Wildman–Crippen MR) is 108 cm³/mol. The third kappa shape index (κ3) is 4.49. The summed E-state index contributed by atoms with van der Waals surface area (Å²) in [6.45, 7) is 3.88. The van der Waals surface area contributed by atoms with E-state index in [9.17, 15) is 4.79 Å². The molecule has 0 radical (unpaired) electrons. The highest BCUT2D eigenvalue weighted by Crippen LogP contribution is 2.25. The van der Waals surface area contributed by atoms with E-state index in [4.69, 9.17) is 9.84 Å². The van der Waals surface area contributed by atoms with Crippen LogP contribution < -0.4 is 5.32 Å². The minimum Gasteiger partial charge on any atom is -0.370 e. The van der Waals surface area contributed by atoms with Crippen LogP contribution in [0, 0.1) is 6.92 Å². The zero-order chi connectivity index (χ0) is 19.3. The van der Waals surface area contributed by atoms with Crippen molar-refractivity contribution in [3.63, 3.8) is 0 Å². The van der Waals surface area contributed by atoms with E-state index in [0.717, 1.165) is 24.2 Å². The molecular formula is C23H25N3O2. The van der Waals surface area contributed by atoms with E-state index in [1.807, 2.05) is 54.1 Å². The van der Waals surface area contributed by atoms with Gasteiger partial charge >= 0.3 is 0 Å². The van der Waals surface area contributed by atoms with Crippen molar-refractivity contribution in [2.75, 3.05) is 13.2 Å². The van der Waals surface area contributed by atoms with E-state index in [0.29, 0.717) is 19.6 Å². The van der Waals surface area contributed by atoms with Crippen molar-refractivity contribution in [3.05, 3.63) is 88.7 Å². The van der Waals surface area contributed by atoms with Crippen molar-refractivity contribution >= 4 is 5.91 Å². The second-order valence-electron chi connectivity index (χ2n) is 7.30. The Balaban J connectivity index is 1.37. The number of benzene rings is 2. The largest absolute Gasteiger partial charge is 0.370 e. The van der Waals surface area contributed by atoms with Gasteiger partial charge in [0.2, 0.25) is 5.91 Å². The van der Waals surface area contributed by atoms with E-state index >= 15 is 0 Å². The Hall–Kier alpha value is -2.92. The highest BCUT2D eigenvalue weighted by atomic mass is 16.5. The van der Waals surface area contributed by atoms with Crippen LogP contribution in [0.4, 0.5) is 0 Å². The molecule has 1 unspecified atom stereocenters. The highest BCUT2D eigenvalue weighted by molar-refractivity contribution is 5.78. The first-order chi connectivity index (χ1) is 13.7. The summed E-state index contributed by atoms with van der Waals surface area (Å²) in [4.78, 5) is 12.3. The lowest BCUT2D eigenvalue weighted by Crippen LogP contribution is -2.32. The lowest BCUT2D eigenvalue weighted by Gasteiger charge is -2.22. The molecule has 0 saturated carbocycles. The van der Waals surface area contributed by atoms with Crippen LogP contribution in [0.1, 0.15) is 34.1 Å². The van der Waals surface area contributed by atoms with Gasteiger partial charge in [-0.3, -0.25) is 9.48 Å². The molecule has 28 heavy (non-hydrogen) atoms. The summed E-state index contributed by atoms with van der Waals surface area (Å²) in [6.07, 6.45) is 3.15. The number of aryl methyl sites for hydroxylation is 1. The van der Waals surface area contributed by atoms with Crippen molar-refractivity contribution < 1.29 is 9.53 Å². The molecule has 2 aromatic carbocycles. The molecule has 0 spiro atoms. The van der Waals surface area contributed by atoms with Crippen molar-refractivity contribution in [2.24, 2.45) is 0 Å². The van der Waals surface area contributed by atoms with E-state index in [2.05, 4.69) is 23.6 Å². The minimum absolute atomic E-state index is 0.00305. The number of rotatable bonds is 6. The first-order valence-electron chi connectivity index (χ1n) is 9.71. The molecule has 5 nitrogen and oxygen atoms in total. The fourth-order valence-electron chi connectivity index (χ4n) is 3.50. The molecule has 144 valence electrons. The Morgan fingerprint density at radius 2 is 1.93 bits per heavy atom. The zero-order valence-electron chi connectivity index (χ0n) is 16.1. The van der Waals surface area contributed by atoms with Crippen molar-refractivity contribution in [2.45, 2.75) is 32.4 Å². The standard InChI is InChI=1S/C23H25N3O2/c1-17-7-9-18(10-8-17)13-22(27)24-14-21-23-20(11-12-28-21)16-26(25-23)15-19-5-3-2-4-6-19/h2-10,16,21H,11-15H2,1H3,(H,24,27). The van der Waals surface area contributed by atoms with Crippen LogP contribution in [0.25, 0.3) is 0 Å². The van der Waals surface area contributed by atoms with Crippen LogP contribution >= 0.6 is 0 Å². The summed E-state index contributed by atoms with van der Waals surface area (Å²) >= 11 is 0. The van der Waals surface area contributed by atoms with Crippen molar-refractivity contribution in [1.29, 1.82) is 0 Å². The zero-order valence-corrected chi connectivity index (χ0v) is 16.1. The van der Waals surface area contributed by atoms with Gasteiger partial charge in [0.15, 0.2) is 0 Å². The molecular weight excluding hydrogens is 350 g/mol. The first-order valence-corrected chi connectivity index (χ1v) is 9.71. The number of fused-ring (bicyclic) bond motifs is 1. The van der Waals surface area contributed by atoms with Gasteiger partial charge in [-0.05, 0) is 30.0 Å². The number of nitrogens with one attached hydrogen (secondary N) is 1. The van der Waals surface area contributed by atoms with Crippen LogP contribution in [0.15, 0.2) is 60.8 Å². The van der Waals surface area contributed by atoms with E-state index in [-0.39, 0.29) is 12.0 Å².